The summed E-state index contributed by atoms with van der Waals surface area (Å²) in [6.07, 6.45) is 2.83. The molecule has 32 heavy (non-hydrogen) atoms. The van der Waals surface area contributed by atoms with Crippen LogP contribution >= 0.6 is 11.8 Å². The maximum atomic E-state index is 12.7. The lowest BCUT2D eigenvalue weighted by Gasteiger charge is -2.17. The second-order valence-electron chi connectivity index (χ2n) is 6.58. The monoisotopic (exact) mass is 452 g/mol. The zero-order chi connectivity index (χ0) is 22.8. The van der Waals surface area contributed by atoms with Crippen LogP contribution in [0.5, 0.6) is 0 Å². The van der Waals surface area contributed by atoms with Gasteiger partial charge in [0.2, 0.25) is 0 Å². The van der Waals surface area contributed by atoms with E-state index in [0.29, 0.717) is 17.3 Å². The van der Waals surface area contributed by atoms with Crippen molar-refractivity contribution in [1.29, 1.82) is 0 Å². The standard InChI is InChI=1S/C22H20N4O5S/c27-21(17-8-10-18(11-9-17)26(29)30)24-20(15-32-14-16-5-2-1-3-6-16)22(28)25-23-13-19-7-4-12-31-19/h1-13,20H,14-15H2,(H,24,27)(H,25,28)/b23-13-/t20-/m0/s1. The molecule has 0 saturated heterocycles. The van der Waals surface area contributed by atoms with E-state index in [1.165, 1.54) is 48.5 Å². The van der Waals surface area contributed by atoms with Gasteiger partial charge < -0.3 is 9.73 Å². The van der Waals surface area contributed by atoms with Gasteiger partial charge in [-0.1, -0.05) is 30.3 Å². The molecule has 9 nitrogen and oxygen atoms in total. The van der Waals surface area contributed by atoms with E-state index in [0.717, 1.165) is 5.56 Å². The van der Waals surface area contributed by atoms with Gasteiger partial charge >= 0.3 is 0 Å². The number of hydrogen-bond donors (Lipinski definition) is 2. The minimum atomic E-state index is -0.875. The molecule has 1 aromatic heterocycles. The molecule has 0 saturated carbocycles. The fraction of sp³-hybridized carbons (Fsp3) is 0.136. The molecule has 3 aromatic rings. The Labute approximate surface area is 188 Å². The molecular formula is C22H20N4O5S. The number of carbonyl (C=O) groups is 2. The first-order valence-corrected chi connectivity index (χ1v) is 10.7. The number of nitro groups is 1. The molecule has 3 rings (SSSR count). The van der Waals surface area contributed by atoms with E-state index < -0.39 is 22.8 Å². The van der Waals surface area contributed by atoms with Crippen LogP contribution in [0.1, 0.15) is 21.7 Å². The number of amides is 2. The number of non-ortho nitro benzene ring substituents is 1. The highest BCUT2D eigenvalue weighted by Crippen LogP contribution is 2.15. The van der Waals surface area contributed by atoms with Crippen LogP contribution in [0, 0.1) is 10.1 Å². The number of rotatable bonds is 10. The lowest BCUT2D eigenvalue weighted by Crippen LogP contribution is -2.47. The third kappa shape index (κ3) is 6.81. The molecule has 0 bridgehead atoms. The average molecular weight is 452 g/mol. The third-order valence-corrected chi connectivity index (χ3v) is 5.37. The van der Waals surface area contributed by atoms with Gasteiger partial charge in [-0.25, -0.2) is 5.43 Å². The van der Waals surface area contributed by atoms with Crippen LogP contribution in [0.15, 0.2) is 82.5 Å². The summed E-state index contributed by atoms with van der Waals surface area (Å²) in [5.74, 6) is 0.415. The van der Waals surface area contributed by atoms with Crippen LogP contribution in [-0.2, 0) is 10.5 Å². The Balaban J connectivity index is 1.64. The van der Waals surface area contributed by atoms with Crippen LogP contribution in [-0.4, -0.2) is 34.7 Å². The van der Waals surface area contributed by atoms with E-state index in [1.807, 2.05) is 30.3 Å². The van der Waals surface area contributed by atoms with Gasteiger partial charge in [0.25, 0.3) is 17.5 Å². The highest BCUT2D eigenvalue weighted by atomic mass is 32.2. The fourth-order valence-electron chi connectivity index (χ4n) is 2.63. The van der Waals surface area contributed by atoms with Crippen LogP contribution in [0.25, 0.3) is 0 Å². The normalized spacial score (nSPS) is 11.8. The lowest BCUT2D eigenvalue weighted by molar-refractivity contribution is -0.384. The summed E-state index contributed by atoms with van der Waals surface area (Å²) in [6, 6.07) is 17.4. The number of nitro benzene ring substituents is 1. The summed E-state index contributed by atoms with van der Waals surface area (Å²) >= 11 is 1.48. The number of thioether (sulfide) groups is 1. The van der Waals surface area contributed by atoms with Gasteiger partial charge in [-0.15, -0.1) is 0 Å². The number of benzene rings is 2. The van der Waals surface area contributed by atoms with Gasteiger partial charge in [-0.3, -0.25) is 19.7 Å². The predicted molar refractivity (Wildman–Crippen MR) is 121 cm³/mol. The molecule has 0 radical (unpaired) electrons. The molecule has 0 unspecified atom stereocenters. The second kappa shape index (κ2) is 11.5. The summed E-state index contributed by atoms with van der Waals surface area (Å²) in [6.45, 7) is 0. The van der Waals surface area contributed by atoms with Crippen molar-refractivity contribution in [2.75, 3.05) is 5.75 Å². The summed E-state index contributed by atoms with van der Waals surface area (Å²) in [5.41, 5.74) is 3.58. The second-order valence-corrected chi connectivity index (χ2v) is 7.61. The van der Waals surface area contributed by atoms with E-state index in [4.69, 9.17) is 4.42 Å². The predicted octanol–water partition coefficient (Wildman–Crippen LogP) is 3.37. The zero-order valence-electron chi connectivity index (χ0n) is 16.8. The lowest BCUT2D eigenvalue weighted by atomic mass is 10.2. The van der Waals surface area contributed by atoms with Crippen molar-refractivity contribution in [3.63, 3.8) is 0 Å². The first kappa shape index (κ1) is 22.8. The van der Waals surface area contributed by atoms with Gasteiger partial charge in [0.15, 0.2) is 0 Å². The Hall–Kier alpha value is -3.92. The maximum Gasteiger partial charge on any atom is 0.269 e. The van der Waals surface area contributed by atoms with Crippen LogP contribution < -0.4 is 10.7 Å². The summed E-state index contributed by atoms with van der Waals surface area (Å²) in [5, 5.41) is 17.3. The van der Waals surface area contributed by atoms with Crippen LogP contribution in [0.4, 0.5) is 5.69 Å². The number of furan rings is 1. The summed E-state index contributed by atoms with van der Waals surface area (Å²) < 4.78 is 5.12. The molecule has 2 N–H and O–H groups in total. The molecule has 0 aliphatic rings. The molecule has 1 atom stereocenters. The topological polar surface area (TPSA) is 127 Å². The van der Waals surface area contributed by atoms with Gasteiger partial charge in [-0.2, -0.15) is 16.9 Å². The maximum absolute atomic E-state index is 12.7. The van der Waals surface area contributed by atoms with Gasteiger partial charge in [0.1, 0.15) is 11.8 Å². The Bertz CT molecular complexity index is 1070. The van der Waals surface area contributed by atoms with E-state index in [2.05, 4.69) is 15.8 Å². The largest absolute Gasteiger partial charge is 0.463 e. The molecule has 1 heterocycles. The SMILES string of the molecule is O=C(N[C@@H](CSCc1ccccc1)C(=O)N/N=C\c1ccco1)c1ccc([N+](=O)[O-])cc1. The molecule has 0 spiro atoms. The molecule has 0 fully saturated rings. The van der Waals surface area contributed by atoms with Crippen molar-refractivity contribution < 1.29 is 18.9 Å². The number of nitrogens with zero attached hydrogens (tertiary/aromatic N) is 2. The van der Waals surface area contributed by atoms with Crippen molar-refractivity contribution in [3.05, 3.63) is 100.0 Å². The van der Waals surface area contributed by atoms with Gasteiger partial charge in [-0.05, 0) is 29.8 Å². The van der Waals surface area contributed by atoms with Crippen LogP contribution in [0.3, 0.4) is 0 Å². The number of hydrazone groups is 1. The quantitative estimate of drug-likeness (QED) is 0.276. The first-order chi connectivity index (χ1) is 15.5. The molecule has 0 aliphatic heterocycles. The number of carbonyl (C=O) groups excluding carboxylic acids is 2. The minimum absolute atomic E-state index is 0.124. The summed E-state index contributed by atoms with van der Waals surface area (Å²) in [4.78, 5) is 35.5. The van der Waals surface area contributed by atoms with Gasteiger partial charge in [0.05, 0.1) is 17.4 Å². The average Bonchev–Trinajstić information content (AvgIpc) is 3.32. The van der Waals surface area contributed by atoms with Crippen molar-refractivity contribution >= 4 is 35.5 Å². The minimum Gasteiger partial charge on any atom is -0.463 e. The third-order valence-electron chi connectivity index (χ3n) is 4.27. The van der Waals surface area contributed by atoms with E-state index in [1.54, 1.807) is 12.1 Å². The highest BCUT2D eigenvalue weighted by molar-refractivity contribution is 7.98. The van der Waals surface area contributed by atoms with E-state index in [-0.39, 0.29) is 11.3 Å². The molecule has 10 heteroatoms. The molecular weight excluding hydrogens is 432 g/mol. The Morgan fingerprint density at radius 3 is 2.50 bits per heavy atom. The molecule has 164 valence electrons. The van der Waals surface area contributed by atoms with Gasteiger partial charge in [0, 0.05) is 29.2 Å². The zero-order valence-corrected chi connectivity index (χ0v) is 17.7. The smallest absolute Gasteiger partial charge is 0.269 e. The number of hydrogen-bond acceptors (Lipinski definition) is 7. The van der Waals surface area contributed by atoms with Crippen molar-refractivity contribution in [1.82, 2.24) is 10.7 Å². The molecule has 0 aliphatic carbocycles. The Morgan fingerprint density at radius 1 is 1.09 bits per heavy atom. The van der Waals surface area contributed by atoms with E-state index in [9.17, 15) is 19.7 Å². The first-order valence-electron chi connectivity index (χ1n) is 9.56. The molecule has 2 amide bonds. The van der Waals surface area contributed by atoms with Crippen molar-refractivity contribution in [3.8, 4) is 0 Å². The van der Waals surface area contributed by atoms with E-state index >= 15 is 0 Å². The molecule has 2 aromatic carbocycles. The number of nitrogens with one attached hydrogen (secondary N) is 2. The van der Waals surface area contributed by atoms with Crippen LogP contribution in [0.2, 0.25) is 0 Å². The van der Waals surface area contributed by atoms with Crippen molar-refractivity contribution in [2.45, 2.75) is 11.8 Å². The Kier molecular flexibility index (Phi) is 8.15. The van der Waals surface area contributed by atoms with Crippen molar-refractivity contribution in [2.24, 2.45) is 5.10 Å². The Morgan fingerprint density at radius 2 is 1.84 bits per heavy atom. The fourth-order valence-corrected chi connectivity index (χ4v) is 3.65. The highest BCUT2D eigenvalue weighted by Gasteiger charge is 2.22. The summed E-state index contributed by atoms with van der Waals surface area (Å²) in [7, 11) is 0.